The highest BCUT2D eigenvalue weighted by Crippen LogP contribution is 2.25. The number of halogens is 1. The van der Waals surface area contributed by atoms with Gasteiger partial charge in [-0.15, -0.1) is 0 Å². The van der Waals surface area contributed by atoms with E-state index in [0.29, 0.717) is 22.2 Å². The van der Waals surface area contributed by atoms with Gasteiger partial charge in [-0.1, -0.05) is 24.3 Å². The number of esters is 1. The van der Waals surface area contributed by atoms with Gasteiger partial charge in [0.25, 0.3) is 5.91 Å². The molecule has 0 unspecified atom stereocenters. The van der Waals surface area contributed by atoms with Crippen LogP contribution in [0.3, 0.4) is 0 Å². The smallest absolute Gasteiger partial charge is 0.339 e. The van der Waals surface area contributed by atoms with Crippen molar-refractivity contribution in [2.75, 3.05) is 11.9 Å². The van der Waals surface area contributed by atoms with Crippen molar-refractivity contribution in [2.24, 2.45) is 5.14 Å². The first kappa shape index (κ1) is 23.0. The average molecular weight is 479 g/mol. The number of nitrogens with zero attached hydrogens (tertiary/aromatic N) is 1. The maximum Gasteiger partial charge on any atom is 0.339 e. The number of rotatable bonds is 6. The lowest BCUT2D eigenvalue weighted by Crippen LogP contribution is -2.21. The lowest BCUT2D eigenvalue weighted by molar-refractivity contribution is -0.119. The third-order valence-corrected chi connectivity index (χ3v) is 5.77. The lowest BCUT2D eigenvalue weighted by atomic mass is 10.0. The average Bonchev–Trinajstić information content (AvgIpc) is 2.82. The predicted octanol–water partition coefficient (Wildman–Crippen LogP) is 3.48. The number of para-hydroxylation sites is 1. The molecular weight excluding hydrogens is 461 g/mol. The van der Waals surface area contributed by atoms with Crippen LogP contribution in [0.5, 0.6) is 0 Å². The fraction of sp³-hybridized carbons (Fsp3) is 0.0417. The van der Waals surface area contributed by atoms with E-state index in [9.17, 15) is 22.4 Å². The molecule has 4 aromatic rings. The van der Waals surface area contributed by atoms with Gasteiger partial charge in [-0.05, 0) is 54.6 Å². The number of pyridine rings is 1. The summed E-state index contributed by atoms with van der Waals surface area (Å²) in [5.41, 5.74) is 1.94. The summed E-state index contributed by atoms with van der Waals surface area (Å²) in [7, 11) is -3.94. The molecule has 10 heteroatoms. The van der Waals surface area contributed by atoms with Crippen LogP contribution in [0.1, 0.15) is 10.4 Å². The standard InChI is InChI=1S/C24H18FN3O5S/c25-16-10-8-15(9-11-16)22-13-20(19-6-1-2-7-21(19)28-22)24(30)33-14-23(29)27-17-4-3-5-18(12-17)34(26,31)32/h1-13H,14H2,(H,27,29)(H2,26,31,32). The number of nitrogens with two attached hydrogens (primary N) is 1. The number of fused-ring (bicyclic) bond motifs is 1. The molecule has 4 rings (SSSR count). The van der Waals surface area contributed by atoms with Crippen molar-refractivity contribution in [1.82, 2.24) is 4.98 Å². The number of sulfonamides is 1. The highest BCUT2D eigenvalue weighted by atomic mass is 32.2. The maximum atomic E-state index is 13.3. The second-order valence-corrected chi connectivity index (χ2v) is 8.84. The minimum atomic E-state index is -3.94. The number of hydrogen-bond acceptors (Lipinski definition) is 6. The van der Waals surface area contributed by atoms with E-state index in [1.165, 1.54) is 42.5 Å². The summed E-state index contributed by atoms with van der Waals surface area (Å²) >= 11 is 0. The van der Waals surface area contributed by atoms with Crippen molar-refractivity contribution >= 4 is 38.5 Å². The summed E-state index contributed by atoms with van der Waals surface area (Å²) in [6.07, 6.45) is 0. The maximum absolute atomic E-state index is 13.3. The van der Waals surface area contributed by atoms with Gasteiger partial charge < -0.3 is 10.1 Å². The Labute approximate surface area is 194 Å². The second kappa shape index (κ2) is 9.38. The van der Waals surface area contributed by atoms with Gasteiger partial charge in [0.15, 0.2) is 6.61 Å². The van der Waals surface area contributed by atoms with Gasteiger partial charge in [0.05, 0.1) is 21.7 Å². The first-order valence-corrected chi connectivity index (χ1v) is 11.5. The molecule has 0 saturated carbocycles. The van der Waals surface area contributed by atoms with Crippen LogP contribution in [0.2, 0.25) is 0 Å². The van der Waals surface area contributed by atoms with Crippen molar-refractivity contribution in [1.29, 1.82) is 0 Å². The summed E-state index contributed by atoms with van der Waals surface area (Å²) in [6, 6.07) is 19.5. The van der Waals surface area contributed by atoms with Gasteiger partial charge in [0.2, 0.25) is 10.0 Å². The van der Waals surface area contributed by atoms with E-state index in [1.54, 1.807) is 36.4 Å². The van der Waals surface area contributed by atoms with E-state index in [-0.39, 0.29) is 16.1 Å². The first-order chi connectivity index (χ1) is 16.2. The van der Waals surface area contributed by atoms with Gasteiger partial charge >= 0.3 is 5.97 Å². The lowest BCUT2D eigenvalue weighted by Gasteiger charge is -2.11. The molecule has 0 atom stereocenters. The molecule has 0 fully saturated rings. The van der Waals surface area contributed by atoms with Gasteiger partial charge in [0, 0.05) is 16.6 Å². The van der Waals surface area contributed by atoms with Crippen LogP contribution in [-0.4, -0.2) is 31.9 Å². The number of hydrogen-bond donors (Lipinski definition) is 2. The van der Waals surface area contributed by atoms with E-state index in [1.807, 2.05) is 0 Å². The zero-order chi connectivity index (χ0) is 24.3. The zero-order valence-corrected chi connectivity index (χ0v) is 18.4. The molecule has 3 aromatic carbocycles. The number of nitrogens with one attached hydrogen (secondary N) is 1. The molecule has 0 aliphatic heterocycles. The van der Waals surface area contributed by atoms with Crippen LogP contribution in [0.15, 0.2) is 83.8 Å². The molecule has 0 aliphatic carbocycles. The predicted molar refractivity (Wildman–Crippen MR) is 124 cm³/mol. The zero-order valence-electron chi connectivity index (χ0n) is 17.6. The molecule has 1 amide bonds. The summed E-state index contributed by atoms with van der Waals surface area (Å²) in [4.78, 5) is 29.5. The fourth-order valence-corrected chi connectivity index (χ4v) is 3.83. The van der Waals surface area contributed by atoms with Crippen molar-refractivity contribution in [2.45, 2.75) is 4.90 Å². The summed E-state index contributed by atoms with van der Waals surface area (Å²) in [5, 5.41) is 8.08. The molecule has 0 aliphatic rings. The highest BCUT2D eigenvalue weighted by molar-refractivity contribution is 7.89. The fourth-order valence-electron chi connectivity index (χ4n) is 3.27. The molecule has 0 radical (unpaired) electrons. The molecule has 172 valence electrons. The van der Waals surface area contributed by atoms with E-state index in [4.69, 9.17) is 9.88 Å². The van der Waals surface area contributed by atoms with Crippen LogP contribution in [0.25, 0.3) is 22.2 Å². The Hall–Kier alpha value is -4.15. The van der Waals surface area contributed by atoms with E-state index in [0.717, 1.165) is 0 Å². The summed E-state index contributed by atoms with van der Waals surface area (Å²) in [6.45, 7) is -0.610. The number of ether oxygens (including phenoxy) is 1. The number of anilines is 1. The Morgan fingerprint density at radius 2 is 1.71 bits per heavy atom. The minimum Gasteiger partial charge on any atom is -0.452 e. The molecular formula is C24H18FN3O5S. The van der Waals surface area contributed by atoms with Crippen LogP contribution in [-0.2, 0) is 19.6 Å². The highest BCUT2D eigenvalue weighted by Gasteiger charge is 2.17. The molecule has 1 aromatic heterocycles. The van der Waals surface area contributed by atoms with Crippen molar-refractivity contribution in [3.63, 3.8) is 0 Å². The van der Waals surface area contributed by atoms with Crippen LogP contribution >= 0.6 is 0 Å². The molecule has 34 heavy (non-hydrogen) atoms. The van der Waals surface area contributed by atoms with Gasteiger partial charge in [-0.2, -0.15) is 0 Å². The quantitative estimate of drug-likeness (QED) is 0.408. The van der Waals surface area contributed by atoms with Gasteiger partial charge in [-0.3, -0.25) is 4.79 Å². The number of aromatic nitrogens is 1. The third kappa shape index (κ3) is 5.25. The normalized spacial score (nSPS) is 11.2. The molecule has 1 heterocycles. The van der Waals surface area contributed by atoms with E-state index >= 15 is 0 Å². The largest absolute Gasteiger partial charge is 0.452 e. The Kier molecular flexibility index (Phi) is 6.35. The Bertz CT molecular complexity index is 1510. The second-order valence-electron chi connectivity index (χ2n) is 7.28. The van der Waals surface area contributed by atoms with Gasteiger partial charge in [-0.25, -0.2) is 27.7 Å². The van der Waals surface area contributed by atoms with Crippen molar-refractivity contribution < 1.29 is 27.1 Å². The number of carbonyl (C=O) groups excluding carboxylic acids is 2. The number of primary sulfonamides is 1. The molecule has 0 bridgehead atoms. The van der Waals surface area contributed by atoms with E-state index < -0.39 is 34.3 Å². The SMILES string of the molecule is NS(=O)(=O)c1cccc(NC(=O)COC(=O)c2cc(-c3ccc(F)cc3)nc3ccccc23)c1. The Morgan fingerprint density at radius 3 is 2.44 bits per heavy atom. The molecule has 0 saturated heterocycles. The molecule has 8 nitrogen and oxygen atoms in total. The van der Waals surface area contributed by atoms with Gasteiger partial charge in [0.1, 0.15) is 5.82 Å². The van der Waals surface area contributed by atoms with Crippen LogP contribution in [0, 0.1) is 5.82 Å². The van der Waals surface area contributed by atoms with Crippen molar-refractivity contribution in [3.8, 4) is 11.3 Å². The minimum absolute atomic E-state index is 0.168. The number of amides is 1. The Morgan fingerprint density at radius 1 is 0.971 bits per heavy atom. The van der Waals surface area contributed by atoms with Crippen molar-refractivity contribution in [3.05, 3.63) is 90.2 Å². The van der Waals surface area contributed by atoms with E-state index in [2.05, 4.69) is 10.3 Å². The summed E-state index contributed by atoms with van der Waals surface area (Å²) in [5.74, 6) is -1.82. The number of carbonyl (C=O) groups is 2. The summed E-state index contributed by atoms with van der Waals surface area (Å²) < 4.78 is 41.4. The monoisotopic (exact) mass is 479 g/mol. The third-order valence-electron chi connectivity index (χ3n) is 4.86. The first-order valence-electron chi connectivity index (χ1n) is 9.96. The Balaban J connectivity index is 1.54. The molecule has 0 spiro atoms. The topological polar surface area (TPSA) is 128 Å². The number of benzene rings is 3. The molecule has 3 N–H and O–H groups in total. The van der Waals surface area contributed by atoms with Crippen LogP contribution < -0.4 is 10.5 Å². The van der Waals surface area contributed by atoms with Crippen LogP contribution in [0.4, 0.5) is 10.1 Å².